The van der Waals surface area contributed by atoms with E-state index >= 15 is 0 Å². The van der Waals surface area contributed by atoms with Gasteiger partial charge in [-0.2, -0.15) is 13.2 Å². The number of halogens is 3. The van der Waals surface area contributed by atoms with Gasteiger partial charge in [0.1, 0.15) is 0 Å². The normalized spacial score (nSPS) is 15.8. The fourth-order valence-electron chi connectivity index (χ4n) is 3.35. The Morgan fingerprint density at radius 3 is 2.36 bits per heavy atom. The van der Waals surface area contributed by atoms with E-state index in [-0.39, 0.29) is 11.2 Å². The first-order valence-electron chi connectivity index (χ1n) is 9.42. The largest absolute Gasteiger partial charge is 0.416 e. The fourth-order valence-corrected chi connectivity index (χ4v) is 3.64. The molecule has 0 unspecified atom stereocenters. The van der Waals surface area contributed by atoms with Crippen molar-refractivity contribution in [2.24, 2.45) is 0 Å². The minimum atomic E-state index is -4.38. The minimum Gasteiger partial charge on any atom is -0.372 e. The molecule has 0 spiro atoms. The van der Waals surface area contributed by atoms with Crippen LogP contribution in [0, 0.1) is 0 Å². The van der Waals surface area contributed by atoms with Gasteiger partial charge in [0.15, 0.2) is 5.11 Å². The van der Waals surface area contributed by atoms with E-state index in [0.29, 0.717) is 5.69 Å². The van der Waals surface area contributed by atoms with E-state index in [1.165, 1.54) is 31.0 Å². The third kappa shape index (κ3) is 5.38. The van der Waals surface area contributed by atoms with E-state index in [0.717, 1.165) is 30.8 Å². The molecule has 150 valence electrons. The molecular formula is C21H24F3N3S. The summed E-state index contributed by atoms with van der Waals surface area (Å²) in [4.78, 5) is 2.39. The van der Waals surface area contributed by atoms with E-state index in [4.69, 9.17) is 12.2 Å². The molecular weight excluding hydrogens is 383 g/mol. The zero-order valence-corrected chi connectivity index (χ0v) is 16.5. The molecule has 0 aromatic heterocycles. The first kappa shape index (κ1) is 20.5. The summed E-state index contributed by atoms with van der Waals surface area (Å²) >= 11 is 5.27. The summed E-state index contributed by atoms with van der Waals surface area (Å²) in [6, 6.07) is 13.3. The topological polar surface area (TPSA) is 27.3 Å². The second-order valence-corrected chi connectivity index (χ2v) is 7.45. The lowest BCUT2D eigenvalue weighted by Crippen LogP contribution is -2.31. The number of nitrogens with one attached hydrogen (secondary N) is 2. The van der Waals surface area contributed by atoms with Crippen LogP contribution in [-0.4, -0.2) is 18.2 Å². The van der Waals surface area contributed by atoms with Crippen LogP contribution in [0.3, 0.4) is 0 Å². The van der Waals surface area contributed by atoms with Crippen LogP contribution in [-0.2, 0) is 6.18 Å². The Morgan fingerprint density at radius 1 is 1.04 bits per heavy atom. The maximum absolute atomic E-state index is 12.8. The van der Waals surface area contributed by atoms with E-state index < -0.39 is 11.7 Å². The van der Waals surface area contributed by atoms with Gasteiger partial charge in [-0.15, -0.1) is 0 Å². The van der Waals surface area contributed by atoms with Gasteiger partial charge in [-0.05, 0) is 74.3 Å². The van der Waals surface area contributed by atoms with E-state index in [2.05, 4.69) is 39.8 Å². The lowest BCUT2D eigenvalue weighted by molar-refractivity contribution is -0.137. The molecule has 3 rings (SSSR count). The van der Waals surface area contributed by atoms with Gasteiger partial charge >= 0.3 is 6.18 Å². The highest BCUT2D eigenvalue weighted by molar-refractivity contribution is 7.80. The molecule has 7 heteroatoms. The van der Waals surface area contributed by atoms with Crippen molar-refractivity contribution in [3.05, 3.63) is 59.7 Å². The monoisotopic (exact) mass is 407 g/mol. The van der Waals surface area contributed by atoms with Gasteiger partial charge in [0.25, 0.3) is 0 Å². The predicted molar refractivity (Wildman–Crippen MR) is 112 cm³/mol. The van der Waals surface area contributed by atoms with Gasteiger partial charge < -0.3 is 15.5 Å². The Morgan fingerprint density at radius 2 is 1.71 bits per heavy atom. The molecule has 2 aromatic carbocycles. The van der Waals surface area contributed by atoms with Crippen LogP contribution < -0.4 is 15.5 Å². The number of alkyl halides is 3. The third-order valence-electron chi connectivity index (χ3n) is 4.91. The average molecular weight is 408 g/mol. The highest BCUT2D eigenvalue weighted by atomic mass is 32.1. The van der Waals surface area contributed by atoms with Crippen LogP contribution in [0.15, 0.2) is 48.5 Å². The first-order chi connectivity index (χ1) is 13.3. The highest BCUT2D eigenvalue weighted by Crippen LogP contribution is 2.30. The fraction of sp³-hybridized carbons (Fsp3) is 0.381. The number of hydrogen-bond acceptors (Lipinski definition) is 2. The van der Waals surface area contributed by atoms with Gasteiger partial charge in [0.2, 0.25) is 0 Å². The quantitative estimate of drug-likeness (QED) is 0.632. The molecule has 0 saturated carbocycles. The average Bonchev–Trinajstić information content (AvgIpc) is 2.68. The molecule has 1 atom stereocenters. The maximum Gasteiger partial charge on any atom is 0.416 e. The smallest absolute Gasteiger partial charge is 0.372 e. The zero-order valence-electron chi connectivity index (χ0n) is 15.7. The number of nitrogens with zero attached hydrogens (tertiary/aromatic N) is 1. The van der Waals surface area contributed by atoms with Crippen molar-refractivity contribution < 1.29 is 13.2 Å². The molecule has 1 saturated heterocycles. The van der Waals surface area contributed by atoms with E-state index in [1.54, 1.807) is 6.07 Å². The summed E-state index contributed by atoms with van der Waals surface area (Å²) in [6.07, 6.45) is -0.619. The van der Waals surface area contributed by atoms with Crippen molar-refractivity contribution in [3.8, 4) is 0 Å². The van der Waals surface area contributed by atoms with Crippen LogP contribution in [0.2, 0.25) is 0 Å². The van der Waals surface area contributed by atoms with Crippen molar-refractivity contribution in [2.75, 3.05) is 23.3 Å². The van der Waals surface area contributed by atoms with Crippen LogP contribution in [0.4, 0.5) is 24.5 Å². The molecule has 1 aliphatic heterocycles. The van der Waals surface area contributed by atoms with Crippen molar-refractivity contribution in [1.82, 2.24) is 5.32 Å². The van der Waals surface area contributed by atoms with Crippen molar-refractivity contribution >= 4 is 28.7 Å². The van der Waals surface area contributed by atoms with Crippen LogP contribution >= 0.6 is 12.2 Å². The predicted octanol–water partition coefficient (Wildman–Crippen LogP) is 5.74. The summed E-state index contributed by atoms with van der Waals surface area (Å²) in [6.45, 7) is 4.16. The molecule has 0 amide bonds. The molecule has 2 N–H and O–H groups in total. The van der Waals surface area contributed by atoms with Gasteiger partial charge in [-0.1, -0.05) is 18.2 Å². The van der Waals surface area contributed by atoms with Gasteiger partial charge in [-0.25, -0.2) is 0 Å². The van der Waals surface area contributed by atoms with Gasteiger partial charge in [0, 0.05) is 24.5 Å². The Kier molecular flexibility index (Phi) is 6.44. The van der Waals surface area contributed by atoms with Crippen molar-refractivity contribution in [1.29, 1.82) is 0 Å². The third-order valence-corrected chi connectivity index (χ3v) is 5.13. The lowest BCUT2D eigenvalue weighted by Gasteiger charge is -2.29. The summed E-state index contributed by atoms with van der Waals surface area (Å²) in [5, 5.41) is 6.24. The molecule has 0 aliphatic carbocycles. The number of piperidine rings is 1. The molecule has 2 aromatic rings. The van der Waals surface area contributed by atoms with Gasteiger partial charge in [-0.3, -0.25) is 0 Å². The zero-order chi connectivity index (χ0) is 20.1. The molecule has 28 heavy (non-hydrogen) atoms. The number of thiocarbonyl (C=S) groups is 1. The Hall–Kier alpha value is -2.28. The molecule has 3 nitrogen and oxygen atoms in total. The molecule has 0 radical (unpaired) electrons. The minimum absolute atomic E-state index is 0.0683. The van der Waals surface area contributed by atoms with Gasteiger partial charge in [0.05, 0.1) is 11.6 Å². The highest BCUT2D eigenvalue weighted by Gasteiger charge is 2.30. The maximum atomic E-state index is 12.8. The Labute approximate surface area is 168 Å². The second kappa shape index (κ2) is 8.82. The number of benzene rings is 2. The number of hydrogen-bond donors (Lipinski definition) is 2. The molecule has 1 heterocycles. The molecule has 0 bridgehead atoms. The molecule has 1 aliphatic rings. The van der Waals surface area contributed by atoms with Crippen molar-refractivity contribution in [2.45, 2.75) is 38.4 Å². The standard InChI is InChI=1S/C21H24F3N3S/c1-15(16-8-10-19(11-9-16)27-12-3-2-4-13-27)25-20(28)26-18-7-5-6-17(14-18)21(22,23)24/h5-11,14-15H,2-4,12-13H2,1H3,(H2,25,26,28)/t15-/m1/s1. The summed E-state index contributed by atoms with van der Waals surface area (Å²) in [5.74, 6) is 0. The van der Waals surface area contributed by atoms with E-state index in [9.17, 15) is 13.2 Å². The SMILES string of the molecule is C[C@@H](NC(=S)Nc1cccc(C(F)(F)F)c1)c1ccc(N2CCCCC2)cc1. The lowest BCUT2D eigenvalue weighted by atomic mass is 10.1. The Balaban J connectivity index is 1.58. The molecule has 1 fully saturated rings. The number of anilines is 2. The van der Waals surface area contributed by atoms with Crippen LogP contribution in [0.5, 0.6) is 0 Å². The summed E-state index contributed by atoms with van der Waals surface area (Å²) in [5.41, 5.74) is 1.89. The summed E-state index contributed by atoms with van der Waals surface area (Å²) in [7, 11) is 0. The van der Waals surface area contributed by atoms with Crippen LogP contribution in [0.1, 0.15) is 43.4 Å². The Bertz CT molecular complexity index is 799. The first-order valence-corrected chi connectivity index (χ1v) is 9.83. The van der Waals surface area contributed by atoms with E-state index in [1.807, 2.05) is 6.92 Å². The van der Waals surface area contributed by atoms with Crippen LogP contribution in [0.25, 0.3) is 0 Å². The second-order valence-electron chi connectivity index (χ2n) is 7.04. The summed E-state index contributed by atoms with van der Waals surface area (Å²) < 4.78 is 38.5. The van der Waals surface area contributed by atoms with Crippen molar-refractivity contribution in [3.63, 3.8) is 0 Å². The number of rotatable bonds is 4.